The Morgan fingerprint density at radius 2 is 1.71 bits per heavy atom. The predicted octanol–water partition coefficient (Wildman–Crippen LogP) is 2.44. The number of benzene rings is 2. The zero-order valence-corrected chi connectivity index (χ0v) is 10.9. The van der Waals surface area contributed by atoms with Gasteiger partial charge in [0.15, 0.2) is 17.3 Å². The summed E-state index contributed by atoms with van der Waals surface area (Å²) in [6, 6.07) is 11.2. The molecule has 0 aliphatic rings. The fourth-order valence-corrected chi connectivity index (χ4v) is 1.94. The third-order valence-electron chi connectivity index (χ3n) is 3.01. The molecule has 3 aromatic rings. The summed E-state index contributed by atoms with van der Waals surface area (Å²) in [5, 5.41) is 32.3. The van der Waals surface area contributed by atoms with Crippen molar-refractivity contribution < 1.29 is 19.8 Å². The molecule has 0 atom stereocenters. The van der Waals surface area contributed by atoms with Crippen LogP contribution >= 0.6 is 0 Å². The van der Waals surface area contributed by atoms with Crippen LogP contribution in [0.2, 0.25) is 0 Å². The Morgan fingerprint density at radius 3 is 2.48 bits per heavy atom. The van der Waals surface area contributed by atoms with Crippen molar-refractivity contribution in [3.8, 4) is 28.7 Å². The molecule has 2 aromatic carbocycles. The summed E-state index contributed by atoms with van der Waals surface area (Å²) in [5.41, 5.74) is 1.19. The first-order valence-corrected chi connectivity index (χ1v) is 6.25. The van der Waals surface area contributed by atoms with Gasteiger partial charge in [-0.05, 0) is 29.8 Å². The molecule has 6 nitrogen and oxygen atoms in total. The maximum atomic E-state index is 9.77. The average molecular weight is 284 g/mol. The van der Waals surface area contributed by atoms with Crippen molar-refractivity contribution >= 4 is 0 Å². The number of phenols is 3. The van der Waals surface area contributed by atoms with E-state index in [1.807, 2.05) is 0 Å². The summed E-state index contributed by atoms with van der Waals surface area (Å²) >= 11 is 0. The first-order chi connectivity index (χ1) is 10.1. The Hall–Kier alpha value is -3.02. The van der Waals surface area contributed by atoms with Crippen LogP contribution in [0.3, 0.4) is 0 Å². The topological polar surface area (TPSA) is 99.6 Å². The summed E-state index contributed by atoms with van der Waals surface area (Å²) in [6.45, 7) is 0. The van der Waals surface area contributed by atoms with Gasteiger partial charge in [-0.25, -0.2) is 0 Å². The van der Waals surface area contributed by atoms with Gasteiger partial charge in [-0.1, -0.05) is 23.4 Å². The third-order valence-corrected chi connectivity index (χ3v) is 3.01. The number of aromatic nitrogens is 2. The number of para-hydroxylation sites is 1. The zero-order chi connectivity index (χ0) is 14.8. The lowest BCUT2D eigenvalue weighted by molar-refractivity contribution is 0.396. The Kier molecular flexibility index (Phi) is 3.19. The lowest BCUT2D eigenvalue weighted by Gasteiger charge is -2.00. The minimum absolute atomic E-state index is 0.136. The van der Waals surface area contributed by atoms with Gasteiger partial charge < -0.3 is 19.8 Å². The van der Waals surface area contributed by atoms with Gasteiger partial charge in [0.25, 0.3) is 5.89 Å². The molecule has 0 saturated heterocycles. The van der Waals surface area contributed by atoms with Crippen LogP contribution in [0.5, 0.6) is 17.2 Å². The average Bonchev–Trinajstić information content (AvgIpc) is 2.93. The molecule has 0 spiro atoms. The van der Waals surface area contributed by atoms with E-state index in [4.69, 9.17) is 4.52 Å². The van der Waals surface area contributed by atoms with Crippen molar-refractivity contribution in [3.63, 3.8) is 0 Å². The highest BCUT2D eigenvalue weighted by Gasteiger charge is 2.15. The molecule has 0 aliphatic heterocycles. The first-order valence-electron chi connectivity index (χ1n) is 6.25. The van der Waals surface area contributed by atoms with E-state index in [0.29, 0.717) is 12.2 Å². The largest absolute Gasteiger partial charge is 0.508 e. The van der Waals surface area contributed by atoms with E-state index in [1.165, 1.54) is 6.07 Å². The van der Waals surface area contributed by atoms with E-state index >= 15 is 0 Å². The van der Waals surface area contributed by atoms with Crippen molar-refractivity contribution in [2.75, 3.05) is 0 Å². The molecule has 3 rings (SSSR count). The molecule has 0 unspecified atom stereocenters. The van der Waals surface area contributed by atoms with Crippen LogP contribution in [-0.2, 0) is 6.42 Å². The van der Waals surface area contributed by atoms with Crippen molar-refractivity contribution in [1.82, 2.24) is 10.1 Å². The smallest absolute Gasteiger partial charge is 0.261 e. The van der Waals surface area contributed by atoms with E-state index < -0.39 is 0 Å². The molecule has 0 amide bonds. The number of hydrogen-bond acceptors (Lipinski definition) is 6. The molecular weight excluding hydrogens is 272 g/mol. The molecule has 0 bridgehead atoms. The third kappa shape index (κ3) is 2.64. The van der Waals surface area contributed by atoms with Crippen molar-refractivity contribution in [3.05, 3.63) is 53.9 Å². The zero-order valence-electron chi connectivity index (χ0n) is 10.9. The van der Waals surface area contributed by atoms with Gasteiger partial charge >= 0.3 is 0 Å². The standard InChI is InChI=1S/C15H12N2O4/c18-10-6-4-9(5-7-10)8-13-16-15(21-17-13)11-2-1-3-12(19)14(11)20/h1-7,18-20H,8H2. The minimum Gasteiger partial charge on any atom is -0.508 e. The van der Waals surface area contributed by atoms with Crippen LogP contribution in [0.1, 0.15) is 11.4 Å². The number of rotatable bonds is 3. The quantitative estimate of drug-likeness (QED) is 0.639. The summed E-state index contributed by atoms with van der Waals surface area (Å²) in [4.78, 5) is 4.19. The van der Waals surface area contributed by atoms with Crippen LogP contribution in [0, 0.1) is 0 Å². The summed E-state index contributed by atoms with van der Waals surface area (Å²) in [5.74, 6) is 0.232. The Bertz CT molecular complexity index is 766. The van der Waals surface area contributed by atoms with Crippen molar-refractivity contribution in [2.45, 2.75) is 6.42 Å². The normalized spacial score (nSPS) is 10.7. The van der Waals surface area contributed by atoms with Crippen molar-refractivity contribution in [1.29, 1.82) is 0 Å². The summed E-state index contributed by atoms with van der Waals surface area (Å²) in [6.07, 6.45) is 0.434. The second-order valence-corrected chi connectivity index (χ2v) is 4.53. The van der Waals surface area contributed by atoms with Crippen LogP contribution in [0.4, 0.5) is 0 Å². The van der Waals surface area contributed by atoms with Gasteiger partial charge in [-0.3, -0.25) is 0 Å². The van der Waals surface area contributed by atoms with E-state index in [0.717, 1.165) is 5.56 Å². The predicted molar refractivity (Wildman–Crippen MR) is 74.0 cm³/mol. The highest BCUT2D eigenvalue weighted by molar-refractivity contribution is 5.66. The molecule has 1 heterocycles. The summed E-state index contributed by atoms with van der Waals surface area (Å²) < 4.78 is 5.10. The van der Waals surface area contributed by atoms with E-state index in [9.17, 15) is 15.3 Å². The van der Waals surface area contributed by atoms with Crippen LogP contribution in [-0.4, -0.2) is 25.5 Å². The fourth-order valence-electron chi connectivity index (χ4n) is 1.94. The van der Waals surface area contributed by atoms with Gasteiger partial charge in [0.05, 0.1) is 5.56 Å². The number of hydrogen-bond donors (Lipinski definition) is 3. The van der Waals surface area contributed by atoms with E-state index in [-0.39, 0.29) is 28.7 Å². The summed E-state index contributed by atoms with van der Waals surface area (Å²) in [7, 11) is 0. The monoisotopic (exact) mass is 284 g/mol. The number of nitrogens with zero attached hydrogens (tertiary/aromatic N) is 2. The molecule has 0 saturated carbocycles. The molecule has 0 radical (unpaired) electrons. The SMILES string of the molecule is Oc1ccc(Cc2noc(-c3cccc(O)c3O)n2)cc1. The molecule has 3 N–H and O–H groups in total. The van der Waals surface area contributed by atoms with Crippen LogP contribution in [0.15, 0.2) is 47.0 Å². The Labute approximate surface area is 119 Å². The minimum atomic E-state index is -0.294. The maximum Gasteiger partial charge on any atom is 0.261 e. The Balaban J connectivity index is 1.86. The molecule has 6 heteroatoms. The van der Waals surface area contributed by atoms with Gasteiger partial charge in [0.1, 0.15) is 5.75 Å². The maximum absolute atomic E-state index is 9.77. The lowest BCUT2D eigenvalue weighted by Crippen LogP contribution is -1.90. The second kappa shape index (κ2) is 5.16. The molecule has 21 heavy (non-hydrogen) atoms. The molecule has 1 aromatic heterocycles. The first kappa shape index (κ1) is 13.0. The van der Waals surface area contributed by atoms with Crippen molar-refractivity contribution in [2.24, 2.45) is 0 Å². The molecule has 106 valence electrons. The molecule has 0 aliphatic carbocycles. The second-order valence-electron chi connectivity index (χ2n) is 4.53. The van der Waals surface area contributed by atoms with Gasteiger partial charge in [-0.2, -0.15) is 4.98 Å². The van der Waals surface area contributed by atoms with Crippen LogP contribution in [0.25, 0.3) is 11.5 Å². The van der Waals surface area contributed by atoms with Gasteiger partial charge in [0.2, 0.25) is 0 Å². The molecule has 0 fully saturated rings. The number of phenolic OH excluding ortho intramolecular Hbond substituents is 3. The highest BCUT2D eigenvalue weighted by Crippen LogP contribution is 2.35. The fraction of sp³-hybridized carbons (Fsp3) is 0.0667. The number of aromatic hydroxyl groups is 3. The molecular formula is C15H12N2O4. The van der Waals surface area contributed by atoms with E-state index in [2.05, 4.69) is 10.1 Å². The Morgan fingerprint density at radius 1 is 0.952 bits per heavy atom. The van der Waals surface area contributed by atoms with Gasteiger partial charge in [-0.15, -0.1) is 0 Å². The van der Waals surface area contributed by atoms with Crippen LogP contribution < -0.4 is 0 Å². The highest BCUT2D eigenvalue weighted by atomic mass is 16.5. The van der Waals surface area contributed by atoms with Gasteiger partial charge in [0, 0.05) is 6.42 Å². The lowest BCUT2D eigenvalue weighted by atomic mass is 10.1. The van der Waals surface area contributed by atoms with E-state index in [1.54, 1.807) is 36.4 Å².